The third-order valence-electron chi connectivity index (χ3n) is 4.55. The maximum absolute atomic E-state index is 12.5. The van der Waals surface area contributed by atoms with Gasteiger partial charge in [-0.05, 0) is 55.7 Å². The average molecular weight is 367 g/mol. The number of piperidine rings is 1. The summed E-state index contributed by atoms with van der Waals surface area (Å²) in [6.45, 7) is 1.94. The van der Waals surface area contributed by atoms with Crippen molar-refractivity contribution in [3.8, 4) is 11.5 Å². The van der Waals surface area contributed by atoms with Crippen molar-refractivity contribution in [1.29, 1.82) is 0 Å². The molecule has 2 aromatic rings. The van der Waals surface area contributed by atoms with E-state index < -0.39 is 0 Å². The Kier molecular flexibility index (Phi) is 6.30. The highest BCUT2D eigenvalue weighted by Gasteiger charge is 2.16. The number of carbonyl (C=O) groups is 1. The molecule has 1 aliphatic rings. The quantitative estimate of drug-likeness (QED) is 0.788. The number of nitrogens with zero attached hydrogens (tertiary/aromatic N) is 2. The molecule has 142 valence electrons. The van der Waals surface area contributed by atoms with E-state index in [0.717, 1.165) is 43.0 Å². The summed E-state index contributed by atoms with van der Waals surface area (Å²) in [6.07, 6.45) is 8.52. The van der Waals surface area contributed by atoms with Crippen molar-refractivity contribution in [2.75, 3.05) is 37.5 Å². The first-order valence-corrected chi connectivity index (χ1v) is 9.12. The van der Waals surface area contributed by atoms with Crippen LogP contribution < -0.4 is 19.7 Å². The number of benzene rings is 1. The molecule has 0 saturated carbocycles. The van der Waals surface area contributed by atoms with Crippen LogP contribution in [0.4, 0.5) is 11.5 Å². The number of hydrogen-bond donors (Lipinski definition) is 1. The van der Waals surface area contributed by atoms with Gasteiger partial charge < -0.3 is 19.7 Å². The van der Waals surface area contributed by atoms with Crippen LogP contribution in [0, 0.1) is 0 Å². The fraction of sp³-hybridized carbons (Fsp3) is 0.333. The lowest BCUT2D eigenvalue weighted by atomic mass is 10.1. The molecule has 1 aliphatic heterocycles. The van der Waals surface area contributed by atoms with E-state index in [1.165, 1.54) is 12.5 Å². The summed E-state index contributed by atoms with van der Waals surface area (Å²) in [7, 11) is 3.20. The van der Waals surface area contributed by atoms with Crippen LogP contribution in [0.2, 0.25) is 0 Å². The number of rotatable bonds is 6. The lowest BCUT2D eigenvalue weighted by molar-refractivity contribution is -0.111. The molecule has 6 heteroatoms. The summed E-state index contributed by atoms with van der Waals surface area (Å²) in [5, 5.41) is 2.94. The van der Waals surface area contributed by atoms with Crippen LogP contribution >= 0.6 is 0 Å². The second kappa shape index (κ2) is 9.07. The lowest BCUT2D eigenvalue weighted by Gasteiger charge is -2.29. The van der Waals surface area contributed by atoms with E-state index in [9.17, 15) is 4.79 Å². The standard InChI is InChI=1S/C21H25N3O3/c1-26-17-9-10-19(27-2)16(15-17)8-11-20(25)23-18-7-6-12-22-21(18)24-13-4-3-5-14-24/h6-12,15H,3-5,13-14H2,1-2H3,(H,23,25)/b11-8+. The van der Waals surface area contributed by atoms with Crippen LogP contribution in [-0.4, -0.2) is 38.2 Å². The van der Waals surface area contributed by atoms with E-state index in [1.54, 1.807) is 26.5 Å². The number of nitrogens with one attached hydrogen (secondary N) is 1. The molecule has 2 heterocycles. The number of anilines is 2. The molecule has 6 nitrogen and oxygen atoms in total. The molecule has 1 fully saturated rings. The second-order valence-corrected chi connectivity index (χ2v) is 6.35. The van der Waals surface area contributed by atoms with Crippen LogP contribution in [-0.2, 0) is 4.79 Å². The molecule has 27 heavy (non-hydrogen) atoms. The zero-order valence-corrected chi connectivity index (χ0v) is 15.8. The van der Waals surface area contributed by atoms with Crippen molar-refractivity contribution in [2.24, 2.45) is 0 Å². The van der Waals surface area contributed by atoms with Gasteiger partial charge in [0.1, 0.15) is 11.5 Å². The molecule has 1 aromatic carbocycles. The van der Waals surface area contributed by atoms with Gasteiger partial charge in [-0.3, -0.25) is 4.79 Å². The molecule has 0 radical (unpaired) electrons. The fourth-order valence-electron chi connectivity index (χ4n) is 3.16. The van der Waals surface area contributed by atoms with E-state index in [2.05, 4.69) is 15.2 Å². The van der Waals surface area contributed by atoms with Crippen LogP contribution in [0.5, 0.6) is 11.5 Å². The van der Waals surface area contributed by atoms with Crippen LogP contribution in [0.1, 0.15) is 24.8 Å². The Hall–Kier alpha value is -3.02. The third-order valence-corrected chi connectivity index (χ3v) is 4.55. The Morgan fingerprint density at radius 2 is 1.96 bits per heavy atom. The van der Waals surface area contributed by atoms with Gasteiger partial charge >= 0.3 is 0 Å². The monoisotopic (exact) mass is 367 g/mol. The van der Waals surface area contributed by atoms with Gasteiger partial charge in [0.2, 0.25) is 5.91 Å². The second-order valence-electron chi connectivity index (χ2n) is 6.35. The molecule has 1 N–H and O–H groups in total. The Labute approximate surface area is 159 Å². The van der Waals surface area contributed by atoms with Crippen LogP contribution in [0.25, 0.3) is 6.08 Å². The molecule has 0 unspecified atom stereocenters. The number of aromatic nitrogens is 1. The van der Waals surface area contributed by atoms with Gasteiger partial charge in [0.15, 0.2) is 5.82 Å². The SMILES string of the molecule is COc1ccc(OC)c(/C=C/C(=O)Nc2cccnc2N2CCCCC2)c1. The molecule has 1 amide bonds. The zero-order chi connectivity index (χ0) is 19.1. The first-order valence-electron chi connectivity index (χ1n) is 9.12. The maximum Gasteiger partial charge on any atom is 0.248 e. The van der Waals surface area contributed by atoms with Crippen molar-refractivity contribution in [2.45, 2.75) is 19.3 Å². The van der Waals surface area contributed by atoms with E-state index in [4.69, 9.17) is 9.47 Å². The first kappa shape index (κ1) is 18.8. The number of amides is 1. The Bertz CT molecular complexity index is 814. The Morgan fingerprint density at radius 1 is 1.15 bits per heavy atom. The zero-order valence-electron chi connectivity index (χ0n) is 15.8. The van der Waals surface area contributed by atoms with Crippen molar-refractivity contribution >= 4 is 23.5 Å². The minimum atomic E-state index is -0.217. The van der Waals surface area contributed by atoms with Crippen LogP contribution in [0.3, 0.4) is 0 Å². The lowest BCUT2D eigenvalue weighted by Crippen LogP contribution is -2.31. The van der Waals surface area contributed by atoms with Crippen molar-refractivity contribution < 1.29 is 14.3 Å². The summed E-state index contributed by atoms with van der Waals surface area (Å²) in [4.78, 5) is 19.2. The predicted octanol–water partition coefficient (Wildman–Crippen LogP) is 3.74. The first-order chi connectivity index (χ1) is 13.2. The van der Waals surface area contributed by atoms with Gasteiger partial charge in [-0.15, -0.1) is 0 Å². The molecule has 0 atom stereocenters. The summed E-state index contributed by atoms with van der Waals surface area (Å²) in [5.74, 6) is 2.00. The summed E-state index contributed by atoms with van der Waals surface area (Å²) >= 11 is 0. The van der Waals surface area contributed by atoms with Crippen molar-refractivity contribution in [3.05, 3.63) is 48.2 Å². The van der Waals surface area contributed by atoms with Crippen LogP contribution in [0.15, 0.2) is 42.6 Å². The van der Waals surface area contributed by atoms with Gasteiger partial charge in [0.25, 0.3) is 0 Å². The number of carbonyl (C=O) groups excluding carboxylic acids is 1. The van der Waals surface area contributed by atoms with E-state index in [-0.39, 0.29) is 5.91 Å². The average Bonchev–Trinajstić information content (AvgIpc) is 2.73. The fourth-order valence-corrected chi connectivity index (χ4v) is 3.16. The molecule has 0 aliphatic carbocycles. The Morgan fingerprint density at radius 3 is 2.70 bits per heavy atom. The highest BCUT2D eigenvalue weighted by Crippen LogP contribution is 2.27. The molecular formula is C21H25N3O3. The largest absolute Gasteiger partial charge is 0.497 e. The van der Waals surface area contributed by atoms with Crippen molar-refractivity contribution in [1.82, 2.24) is 4.98 Å². The van der Waals surface area contributed by atoms with Gasteiger partial charge in [-0.25, -0.2) is 4.98 Å². The summed E-state index contributed by atoms with van der Waals surface area (Å²) < 4.78 is 10.6. The molecule has 0 bridgehead atoms. The van der Waals surface area contributed by atoms with Crippen molar-refractivity contribution in [3.63, 3.8) is 0 Å². The molecule has 1 aromatic heterocycles. The molecule has 0 spiro atoms. The highest BCUT2D eigenvalue weighted by atomic mass is 16.5. The van der Waals surface area contributed by atoms with E-state index in [1.807, 2.05) is 30.3 Å². The smallest absolute Gasteiger partial charge is 0.248 e. The van der Waals surface area contributed by atoms with Gasteiger partial charge in [-0.2, -0.15) is 0 Å². The van der Waals surface area contributed by atoms with E-state index in [0.29, 0.717) is 11.5 Å². The number of hydrogen-bond acceptors (Lipinski definition) is 5. The van der Waals surface area contributed by atoms with E-state index >= 15 is 0 Å². The minimum Gasteiger partial charge on any atom is -0.497 e. The summed E-state index contributed by atoms with van der Waals surface area (Å²) in [6, 6.07) is 9.17. The Balaban J connectivity index is 1.74. The number of ether oxygens (including phenoxy) is 2. The topological polar surface area (TPSA) is 63.7 Å². The minimum absolute atomic E-state index is 0.217. The summed E-state index contributed by atoms with van der Waals surface area (Å²) in [5.41, 5.74) is 1.50. The maximum atomic E-state index is 12.5. The molecule has 3 rings (SSSR count). The number of pyridine rings is 1. The van der Waals surface area contributed by atoms with Gasteiger partial charge in [0.05, 0.1) is 19.9 Å². The van der Waals surface area contributed by atoms with Gasteiger partial charge in [0, 0.05) is 30.9 Å². The highest BCUT2D eigenvalue weighted by molar-refractivity contribution is 6.03. The third kappa shape index (κ3) is 4.78. The van der Waals surface area contributed by atoms with Gasteiger partial charge in [-0.1, -0.05) is 0 Å². The molecule has 1 saturated heterocycles. The number of methoxy groups -OCH3 is 2. The normalized spacial score (nSPS) is 14.2. The molecular weight excluding hydrogens is 342 g/mol. The predicted molar refractivity (Wildman–Crippen MR) is 108 cm³/mol.